The van der Waals surface area contributed by atoms with E-state index in [0.29, 0.717) is 11.1 Å². The summed E-state index contributed by atoms with van der Waals surface area (Å²) < 4.78 is 13.9. The third-order valence-corrected chi connectivity index (χ3v) is 3.99. The van der Waals surface area contributed by atoms with Crippen LogP contribution in [-0.2, 0) is 6.42 Å². The van der Waals surface area contributed by atoms with Gasteiger partial charge in [0.05, 0.1) is 5.02 Å². The van der Waals surface area contributed by atoms with E-state index in [1.807, 2.05) is 13.0 Å². The lowest BCUT2D eigenvalue weighted by molar-refractivity contribution is 0.0993. The largest absolute Gasteiger partial charge is 0.294 e. The smallest absolute Gasteiger partial charge is 0.167 e. The lowest BCUT2D eigenvalue weighted by Gasteiger charge is -2.05. The molecule has 0 amide bonds. The molecule has 0 saturated carbocycles. The van der Waals surface area contributed by atoms with E-state index in [4.69, 9.17) is 11.6 Å². The van der Waals surface area contributed by atoms with Crippen molar-refractivity contribution in [3.8, 4) is 0 Å². The van der Waals surface area contributed by atoms with Gasteiger partial charge in [0.1, 0.15) is 5.82 Å². The molecule has 19 heavy (non-hydrogen) atoms. The molecule has 0 saturated heterocycles. The number of carbonyl (C=O) groups excluding carboxylic acids is 1. The van der Waals surface area contributed by atoms with E-state index in [0.717, 1.165) is 10.0 Å². The minimum absolute atomic E-state index is 0.0247. The highest BCUT2D eigenvalue weighted by Gasteiger charge is 2.10. The molecular weight excluding hydrogens is 331 g/mol. The number of rotatable bonds is 3. The maximum atomic E-state index is 13.0. The van der Waals surface area contributed by atoms with Crippen molar-refractivity contribution in [2.24, 2.45) is 0 Å². The Bertz CT molecular complexity index is 640. The van der Waals surface area contributed by atoms with Crippen LogP contribution in [0.25, 0.3) is 0 Å². The zero-order chi connectivity index (χ0) is 14.0. The number of benzene rings is 2. The van der Waals surface area contributed by atoms with Crippen molar-refractivity contribution in [2.45, 2.75) is 13.3 Å². The summed E-state index contributed by atoms with van der Waals surface area (Å²) >= 11 is 9.09. The van der Waals surface area contributed by atoms with Crippen LogP contribution in [0.3, 0.4) is 0 Å². The molecule has 0 N–H and O–H groups in total. The fourth-order valence-corrected chi connectivity index (χ4v) is 2.29. The molecule has 1 nitrogen and oxygen atoms in total. The van der Waals surface area contributed by atoms with Crippen LogP contribution in [0.1, 0.15) is 21.5 Å². The molecule has 0 atom stereocenters. The Hall–Kier alpha value is -1.19. The Labute approximate surface area is 124 Å². The van der Waals surface area contributed by atoms with Gasteiger partial charge >= 0.3 is 0 Å². The van der Waals surface area contributed by atoms with Gasteiger partial charge in [-0.25, -0.2) is 4.39 Å². The van der Waals surface area contributed by atoms with Crippen molar-refractivity contribution in [1.82, 2.24) is 0 Å². The number of Topliss-reactive ketones (excluding diaryl/α,β-unsaturated/α-hetero) is 1. The minimum atomic E-state index is -0.476. The number of halogens is 3. The minimum Gasteiger partial charge on any atom is -0.294 e. The topological polar surface area (TPSA) is 17.1 Å². The van der Waals surface area contributed by atoms with E-state index in [1.165, 1.54) is 12.1 Å². The van der Waals surface area contributed by atoms with Crippen molar-refractivity contribution in [1.29, 1.82) is 0 Å². The highest BCUT2D eigenvalue weighted by atomic mass is 79.9. The fourth-order valence-electron chi connectivity index (χ4n) is 1.70. The summed E-state index contributed by atoms with van der Waals surface area (Å²) in [7, 11) is 0. The predicted octanol–water partition coefficient (Wildman–Crippen LogP) is 4.98. The molecular formula is C15H11BrClFO. The predicted molar refractivity (Wildman–Crippen MR) is 78.3 cm³/mol. The van der Waals surface area contributed by atoms with Gasteiger partial charge in [-0.3, -0.25) is 4.79 Å². The highest BCUT2D eigenvalue weighted by Crippen LogP contribution is 2.20. The summed E-state index contributed by atoms with van der Waals surface area (Å²) in [5.41, 5.74) is 2.40. The maximum absolute atomic E-state index is 13.0. The number of hydrogen-bond donors (Lipinski definition) is 0. The number of carbonyl (C=O) groups is 1. The van der Waals surface area contributed by atoms with Gasteiger partial charge in [-0.15, -0.1) is 0 Å². The average Bonchev–Trinajstić information content (AvgIpc) is 2.37. The van der Waals surface area contributed by atoms with E-state index < -0.39 is 5.82 Å². The first-order valence-corrected chi connectivity index (χ1v) is 6.88. The molecule has 0 aliphatic carbocycles. The van der Waals surface area contributed by atoms with E-state index in [1.54, 1.807) is 18.2 Å². The lowest BCUT2D eigenvalue weighted by atomic mass is 10.0. The Morgan fingerprint density at radius 3 is 2.63 bits per heavy atom. The van der Waals surface area contributed by atoms with Crippen LogP contribution in [0.15, 0.2) is 40.9 Å². The molecule has 0 unspecified atom stereocenters. The highest BCUT2D eigenvalue weighted by molar-refractivity contribution is 9.10. The first-order valence-electron chi connectivity index (χ1n) is 5.70. The second kappa shape index (κ2) is 5.85. The van der Waals surface area contributed by atoms with Crippen LogP contribution < -0.4 is 0 Å². The molecule has 2 aromatic rings. The van der Waals surface area contributed by atoms with Gasteiger partial charge in [-0.2, -0.15) is 0 Å². The molecule has 4 heteroatoms. The van der Waals surface area contributed by atoms with E-state index >= 15 is 0 Å². The molecule has 0 radical (unpaired) electrons. The van der Waals surface area contributed by atoms with Gasteiger partial charge < -0.3 is 0 Å². The van der Waals surface area contributed by atoms with Crippen molar-refractivity contribution in [3.05, 3.63) is 68.4 Å². The van der Waals surface area contributed by atoms with Crippen LogP contribution in [-0.4, -0.2) is 5.78 Å². The Balaban J connectivity index is 2.20. The fraction of sp³-hybridized carbons (Fsp3) is 0.133. The quantitative estimate of drug-likeness (QED) is 0.720. The molecule has 0 aromatic heterocycles. The van der Waals surface area contributed by atoms with Gasteiger partial charge in [0.2, 0.25) is 0 Å². The van der Waals surface area contributed by atoms with Crippen molar-refractivity contribution in [3.63, 3.8) is 0 Å². The Morgan fingerprint density at radius 2 is 2.00 bits per heavy atom. The standard InChI is InChI=1S/C15H11BrClFO/c1-9-2-4-11(8-12(9)16)15(19)7-10-3-5-14(18)13(17)6-10/h2-6,8H,7H2,1H3. The molecule has 0 bridgehead atoms. The monoisotopic (exact) mass is 340 g/mol. The van der Waals surface area contributed by atoms with Crippen LogP contribution in [0.2, 0.25) is 5.02 Å². The van der Waals surface area contributed by atoms with Gasteiger partial charge in [0, 0.05) is 16.5 Å². The van der Waals surface area contributed by atoms with Crippen LogP contribution in [0, 0.1) is 12.7 Å². The van der Waals surface area contributed by atoms with Crippen molar-refractivity contribution >= 4 is 33.3 Å². The zero-order valence-corrected chi connectivity index (χ0v) is 12.6. The van der Waals surface area contributed by atoms with Crippen LogP contribution >= 0.6 is 27.5 Å². The lowest BCUT2D eigenvalue weighted by Crippen LogP contribution is -2.04. The molecule has 0 spiro atoms. The molecule has 0 aliphatic rings. The average molecular weight is 342 g/mol. The van der Waals surface area contributed by atoms with Crippen LogP contribution in [0.5, 0.6) is 0 Å². The number of aryl methyl sites for hydroxylation is 1. The molecule has 2 aromatic carbocycles. The molecule has 0 aliphatic heterocycles. The second-order valence-electron chi connectivity index (χ2n) is 4.31. The second-order valence-corrected chi connectivity index (χ2v) is 5.57. The van der Waals surface area contributed by atoms with Crippen molar-refractivity contribution in [2.75, 3.05) is 0 Å². The third kappa shape index (κ3) is 3.43. The molecule has 0 heterocycles. The maximum Gasteiger partial charge on any atom is 0.167 e. The van der Waals surface area contributed by atoms with Gasteiger partial charge in [-0.1, -0.05) is 45.7 Å². The molecule has 0 fully saturated rings. The van der Waals surface area contributed by atoms with Gasteiger partial charge in [0.25, 0.3) is 0 Å². The third-order valence-electron chi connectivity index (χ3n) is 2.84. The Morgan fingerprint density at radius 1 is 1.26 bits per heavy atom. The zero-order valence-electron chi connectivity index (χ0n) is 10.2. The normalized spacial score (nSPS) is 10.5. The first kappa shape index (κ1) is 14.2. The summed E-state index contributed by atoms with van der Waals surface area (Å²) in [5.74, 6) is -0.501. The SMILES string of the molecule is Cc1ccc(C(=O)Cc2ccc(F)c(Cl)c2)cc1Br. The summed E-state index contributed by atoms with van der Waals surface area (Å²) in [6.45, 7) is 1.96. The van der Waals surface area contributed by atoms with E-state index in [9.17, 15) is 9.18 Å². The number of hydrogen-bond acceptors (Lipinski definition) is 1. The first-order chi connectivity index (χ1) is 8.97. The van der Waals surface area contributed by atoms with Gasteiger partial charge in [0.15, 0.2) is 5.78 Å². The summed E-state index contributed by atoms with van der Waals surface area (Å²) in [4.78, 5) is 12.1. The van der Waals surface area contributed by atoms with Crippen molar-refractivity contribution < 1.29 is 9.18 Å². The van der Waals surface area contributed by atoms with E-state index in [-0.39, 0.29) is 17.2 Å². The summed E-state index contributed by atoms with van der Waals surface area (Å²) in [6.07, 6.45) is 0.204. The number of ketones is 1. The summed E-state index contributed by atoms with van der Waals surface area (Å²) in [6, 6.07) is 9.79. The van der Waals surface area contributed by atoms with Gasteiger partial charge in [-0.05, 0) is 36.2 Å². The van der Waals surface area contributed by atoms with Crippen LogP contribution in [0.4, 0.5) is 4.39 Å². The molecule has 2 rings (SSSR count). The molecule has 98 valence electrons. The Kier molecular flexibility index (Phi) is 4.38. The summed E-state index contributed by atoms with van der Waals surface area (Å²) in [5, 5.41) is 0.0374. The van der Waals surface area contributed by atoms with E-state index in [2.05, 4.69) is 15.9 Å².